The van der Waals surface area contributed by atoms with E-state index in [0.717, 1.165) is 5.39 Å². The average molecular weight is 180 g/mol. The minimum Gasteiger partial charge on any atom is -0.359 e. The fourth-order valence-electron chi connectivity index (χ4n) is 1.34. The topological polar surface area (TPSA) is 51.0 Å². The Morgan fingerprint density at radius 1 is 1.38 bits per heavy atom. The first-order valence-electron chi connectivity index (χ1n) is 3.89. The Morgan fingerprint density at radius 3 is 3.00 bits per heavy atom. The van der Waals surface area contributed by atoms with E-state index in [1.54, 1.807) is 12.3 Å². The summed E-state index contributed by atoms with van der Waals surface area (Å²) < 4.78 is 13.5. The van der Waals surface area contributed by atoms with Crippen molar-refractivity contribution in [3.8, 4) is 0 Å². The summed E-state index contributed by atoms with van der Waals surface area (Å²) in [6, 6.07) is 5.30. The van der Waals surface area contributed by atoms with Crippen LogP contribution in [0.5, 0.6) is 0 Å². The average Bonchev–Trinajstić information content (AvgIpc) is 2.58. The van der Waals surface area contributed by atoms with E-state index in [9.17, 15) is 4.39 Å². The first kappa shape index (κ1) is 8.22. The van der Waals surface area contributed by atoms with Gasteiger partial charge in [-0.25, -0.2) is 10.3 Å². The Bertz CT molecular complexity index is 424. The van der Waals surface area contributed by atoms with E-state index in [2.05, 4.69) is 9.82 Å². The van der Waals surface area contributed by atoms with E-state index < -0.39 is 0 Å². The Balaban J connectivity index is 2.59. The second kappa shape index (κ2) is 3.16. The van der Waals surface area contributed by atoms with Crippen LogP contribution in [0.1, 0.15) is 5.56 Å². The molecular formula is C9H9FN2O. The van der Waals surface area contributed by atoms with Crippen LogP contribution in [0, 0.1) is 5.82 Å². The summed E-state index contributed by atoms with van der Waals surface area (Å²) in [5, 5.41) is 0.846. The molecule has 2 aromatic rings. The van der Waals surface area contributed by atoms with Crippen molar-refractivity contribution in [2.24, 2.45) is 5.90 Å². The molecule has 0 bridgehead atoms. The van der Waals surface area contributed by atoms with Gasteiger partial charge in [-0.2, -0.15) is 0 Å². The van der Waals surface area contributed by atoms with Crippen molar-refractivity contribution < 1.29 is 9.23 Å². The molecule has 0 atom stereocenters. The third-order valence-corrected chi connectivity index (χ3v) is 1.98. The van der Waals surface area contributed by atoms with Gasteiger partial charge < -0.3 is 4.98 Å². The van der Waals surface area contributed by atoms with Gasteiger partial charge in [0.15, 0.2) is 5.82 Å². The summed E-state index contributed by atoms with van der Waals surface area (Å²) in [4.78, 5) is 7.20. The predicted molar refractivity (Wildman–Crippen MR) is 47.2 cm³/mol. The van der Waals surface area contributed by atoms with Crippen LogP contribution >= 0.6 is 0 Å². The van der Waals surface area contributed by atoms with Crippen molar-refractivity contribution >= 4 is 10.9 Å². The molecular weight excluding hydrogens is 171 g/mol. The molecule has 0 unspecified atom stereocenters. The minimum absolute atomic E-state index is 0.0841. The Hall–Kier alpha value is -1.39. The molecule has 0 spiro atoms. The van der Waals surface area contributed by atoms with E-state index in [0.29, 0.717) is 11.1 Å². The molecule has 0 amide bonds. The molecule has 3 N–H and O–H groups in total. The van der Waals surface area contributed by atoms with Gasteiger partial charge in [-0.15, -0.1) is 0 Å². The number of hydrogen-bond donors (Lipinski definition) is 2. The molecule has 1 heterocycles. The quantitative estimate of drug-likeness (QED) is 0.691. The number of rotatable bonds is 2. The molecule has 0 fully saturated rings. The fourth-order valence-corrected chi connectivity index (χ4v) is 1.34. The van der Waals surface area contributed by atoms with Crippen molar-refractivity contribution in [2.45, 2.75) is 6.61 Å². The van der Waals surface area contributed by atoms with Crippen LogP contribution in [0.4, 0.5) is 4.39 Å². The smallest absolute Gasteiger partial charge is 0.152 e. The molecule has 13 heavy (non-hydrogen) atoms. The van der Waals surface area contributed by atoms with Gasteiger partial charge in [0.2, 0.25) is 0 Å². The van der Waals surface area contributed by atoms with E-state index >= 15 is 0 Å². The maximum Gasteiger partial charge on any atom is 0.152 e. The normalized spacial score (nSPS) is 10.9. The SMILES string of the molecule is NOCc1ccc2cc[nH]c2c1F. The van der Waals surface area contributed by atoms with Gasteiger partial charge in [-0.05, 0) is 6.07 Å². The molecule has 1 aromatic carbocycles. The number of halogens is 1. The Morgan fingerprint density at radius 2 is 2.23 bits per heavy atom. The van der Waals surface area contributed by atoms with Crippen LogP contribution < -0.4 is 5.90 Å². The summed E-state index contributed by atoms with van der Waals surface area (Å²) in [7, 11) is 0. The summed E-state index contributed by atoms with van der Waals surface area (Å²) in [6.07, 6.45) is 1.70. The van der Waals surface area contributed by atoms with Crippen LogP contribution in [0.3, 0.4) is 0 Å². The minimum atomic E-state index is -0.298. The van der Waals surface area contributed by atoms with Crippen LogP contribution in [-0.2, 0) is 11.4 Å². The van der Waals surface area contributed by atoms with Crippen molar-refractivity contribution in [1.82, 2.24) is 4.98 Å². The summed E-state index contributed by atoms with van der Waals surface area (Å²) >= 11 is 0. The molecule has 0 saturated heterocycles. The monoisotopic (exact) mass is 180 g/mol. The zero-order valence-corrected chi connectivity index (χ0v) is 6.88. The first-order chi connectivity index (χ1) is 6.33. The van der Waals surface area contributed by atoms with Crippen LogP contribution in [0.2, 0.25) is 0 Å². The van der Waals surface area contributed by atoms with Gasteiger partial charge in [0.25, 0.3) is 0 Å². The Labute approximate surface area is 74.3 Å². The number of nitrogens with two attached hydrogens (primary N) is 1. The van der Waals surface area contributed by atoms with Crippen molar-refractivity contribution in [3.05, 3.63) is 35.8 Å². The molecule has 2 rings (SSSR count). The number of H-pyrrole nitrogens is 1. The van der Waals surface area contributed by atoms with Crippen LogP contribution in [-0.4, -0.2) is 4.98 Å². The largest absolute Gasteiger partial charge is 0.359 e. The van der Waals surface area contributed by atoms with E-state index in [4.69, 9.17) is 5.90 Å². The highest BCUT2D eigenvalue weighted by Gasteiger charge is 2.07. The molecule has 0 aliphatic carbocycles. The molecule has 3 nitrogen and oxygen atoms in total. The van der Waals surface area contributed by atoms with Gasteiger partial charge >= 0.3 is 0 Å². The second-order valence-electron chi connectivity index (χ2n) is 2.79. The predicted octanol–water partition coefficient (Wildman–Crippen LogP) is 1.70. The lowest BCUT2D eigenvalue weighted by Crippen LogP contribution is -2.01. The zero-order valence-electron chi connectivity index (χ0n) is 6.88. The number of aromatic nitrogens is 1. The van der Waals surface area contributed by atoms with Gasteiger partial charge in [0.1, 0.15) is 0 Å². The zero-order chi connectivity index (χ0) is 9.26. The van der Waals surface area contributed by atoms with E-state index in [-0.39, 0.29) is 12.4 Å². The number of benzene rings is 1. The summed E-state index contributed by atoms with van der Waals surface area (Å²) in [5.74, 6) is 4.57. The van der Waals surface area contributed by atoms with Gasteiger partial charge in [0.05, 0.1) is 12.1 Å². The molecule has 0 radical (unpaired) electrons. The van der Waals surface area contributed by atoms with Gasteiger partial charge in [-0.1, -0.05) is 12.1 Å². The number of hydrogen-bond acceptors (Lipinski definition) is 2. The molecule has 0 aliphatic rings. The second-order valence-corrected chi connectivity index (χ2v) is 2.79. The molecule has 0 aliphatic heterocycles. The number of fused-ring (bicyclic) bond motifs is 1. The molecule has 1 aromatic heterocycles. The van der Waals surface area contributed by atoms with Crippen molar-refractivity contribution in [3.63, 3.8) is 0 Å². The first-order valence-corrected chi connectivity index (χ1v) is 3.89. The van der Waals surface area contributed by atoms with Crippen LogP contribution in [0.15, 0.2) is 24.4 Å². The summed E-state index contributed by atoms with van der Waals surface area (Å²) in [6.45, 7) is 0.0841. The standard InChI is InChI=1S/C9H9FN2O/c10-8-7(5-13-11)2-1-6-3-4-12-9(6)8/h1-4,12H,5,11H2. The maximum atomic E-state index is 13.5. The molecule has 4 heteroatoms. The van der Waals surface area contributed by atoms with Gasteiger partial charge in [0, 0.05) is 17.1 Å². The van der Waals surface area contributed by atoms with Gasteiger partial charge in [-0.3, -0.25) is 4.84 Å². The molecule has 68 valence electrons. The maximum absolute atomic E-state index is 13.5. The van der Waals surface area contributed by atoms with E-state index in [1.165, 1.54) is 0 Å². The highest BCUT2D eigenvalue weighted by atomic mass is 19.1. The van der Waals surface area contributed by atoms with Crippen molar-refractivity contribution in [2.75, 3.05) is 0 Å². The van der Waals surface area contributed by atoms with E-state index in [1.807, 2.05) is 12.1 Å². The number of aromatic amines is 1. The van der Waals surface area contributed by atoms with Crippen LogP contribution in [0.25, 0.3) is 10.9 Å². The fraction of sp³-hybridized carbons (Fsp3) is 0.111. The lowest BCUT2D eigenvalue weighted by molar-refractivity contribution is 0.121. The third kappa shape index (κ3) is 1.30. The lowest BCUT2D eigenvalue weighted by atomic mass is 10.1. The lowest BCUT2D eigenvalue weighted by Gasteiger charge is -2.01. The highest BCUT2D eigenvalue weighted by Crippen LogP contribution is 2.19. The third-order valence-electron chi connectivity index (χ3n) is 1.98. The Kier molecular flexibility index (Phi) is 2.00. The highest BCUT2D eigenvalue weighted by molar-refractivity contribution is 5.80. The summed E-state index contributed by atoms with van der Waals surface area (Å²) in [5.41, 5.74) is 0.951. The van der Waals surface area contributed by atoms with Crippen molar-refractivity contribution in [1.29, 1.82) is 0 Å². The number of nitrogens with one attached hydrogen (secondary N) is 1. The molecule has 0 saturated carbocycles.